The molecule has 1 amide bonds. The molecule has 0 atom stereocenters. The van der Waals surface area contributed by atoms with Crippen LogP contribution in [0.25, 0.3) is 11.0 Å². The summed E-state index contributed by atoms with van der Waals surface area (Å²) in [6.45, 7) is 1.36. The Bertz CT molecular complexity index is 1170. The number of amides is 1. The van der Waals surface area contributed by atoms with Gasteiger partial charge in [0.25, 0.3) is 5.91 Å². The minimum Gasteiger partial charge on any atom is -0.497 e. The number of hydrogen-bond donors (Lipinski definition) is 1. The Morgan fingerprint density at radius 3 is 2.45 bits per heavy atom. The van der Waals surface area contributed by atoms with Crippen LogP contribution in [-0.2, 0) is 13.1 Å². The Morgan fingerprint density at radius 1 is 1.00 bits per heavy atom. The molecule has 0 radical (unpaired) electrons. The second-order valence-electron chi connectivity index (χ2n) is 6.88. The van der Waals surface area contributed by atoms with E-state index in [1.165, 1.54) is 0 Å². The molecule has 0 aliphatic rings. The van der Waals surface area contributed by atoms with Crippen LogP contribution in [0.4, 0.5) is 0 Å². The molecule has 1 aromatic heterocycles. The molecule has 158 valence electrons. The van der Waals surface area contributed by atoms with Gasteiger partial charge in [-0.15, -0.1) is 0 Å². The Labute approximate surface area is 185 Å². The van der Waals surface area contributed by atoms with Gasteiger partial charge >= 0.3 is 0 Å². The monoisotopic (exact) mass is 435 g/mol. The third-order valence-corrected chi connectivity index (χ3v) is 5.14. The number of ether oxygens (including phenoxy) is 2. The Balaban J connectivity index is 1.46. The largest absolute Gasteiger partial charge is 0.497 e. The van der Waals surface area contributed by atoms with E-state index < -0.39 is 0 Å². The normalized spacial score (nSPS) is 10.8. The van der Waals surface area contributed by atoms with E-state index in [1.54, 1.807) is 43.5 Å². The average Bonchev–Trinajstić information content (AvgIpc) is 3.16. The molecule has 6 nitrogen and oxygen atoms in total. The maximum Gasteiger partial charge on any atom is 0.251 e. The van der Waals surface area contributed by atoms with Crippen LogP contribution in [0.1, 0.15) is 16.2 Å². The van der Waals surface area contributed by atoms with Crippen molar-refractivity contribution >= 4 is 28.5 Å². The van der Waals surface area contributed by atoms with Gasteiger partial charge in [-0.05, 0) is 60.7 Å². The number of carbonyl (C=O) groups excluding carboxylic acids is 1. The summed E-state index contributed by atoms with van der Waals surface area (Å²) in [5, 5.41) is 3.62. The zero-order valence-corrected chi connectivity index (χ0v) is 17.8. The molecule has 0 spiro atoms. The van der Waals surface area contributed by atoms with Crippen molar-refractivity contribution in [2.75, 3.05) is 13.7 Å². The molecule has 0 bridgehead atoms. The van der Waals surface area contributed by atoms with Gasteiger partial charge in [0.1, 0.15) is 23.9 Å². The highest BCUT2D eigenvalue weighted by Gasteiger charge is 2.13. The molecular formula is C24H22ClN3O3. The van der Waals surface area contributed by atoms with Gasteiger partial charge in [0.15, 0.2) is 0 Å². The summed E-state index contributed by atoms with van der Waals surface area (Å²) in [5.74, 6) is 2.06. The van der Waals surface area contributed by atoms with Crippen molar-refractivity contribution in [3.8, 4) is 11.5 Å². The van der Waals surface area contributed by atoms with Crippen LogP contribution in [0, 0.1) is 0 Å². The molecule has 0 fully saturated rings. The molecule has 7 heteroatoms. The topological polar surface area (TPSA) is 65.4 Å². The van der Waals surface area contributed by atoms with Crippen LogP contribution >= 0.6 is 11.6 Å². The summed E-state index contributed by atoms with van der Waals surface area (Å²) < 4.78 is 13.1. The van der Waals surface area contributed by atoms with Gasteiger partial charge in [0.05, 0.1) is 31.2 Å². The molecule has 3 aromatic carbocycles. The number of fused-ring (bicyclic) bond motifs is 1. The molecule has 0 saturated carbocycles. The lowest BCUT2D eigenvalue weighted by molar-refractivity contribution is 0.0949. The van der Waals surface area contributed by atoms with Crippen molar-refractivity contribution in [1.82, 2.24) is 14.9 Å². The first-order valence-electron chi connectivity index (χ1n) is 9.89. The molecule has 0 unspecified atom stereocenters. The predicted molar refractivity (Wildman–Crippen MR) is 121 cm³/mol. The van der Waals surface area contributed by atoms with E-state index >= 15 is 0 Å². The van der Waals surface area contributed by atoms with Crippen LogP contribution in [0.15, 0.2) is 72.8 Å². The maximum absolute atomic E-state index is 12.5. The standard InChI is InChI=1S/C24H22ClN3O3/c1-30-19-10-6-17(7-11-19)24(29)26-16-23-27-21-4-2-3-5-22(21)28(23)14-15-31-20-12-8-18(25)9-13-20/h2-13H,14-16H2,1H3,(H,26,29). The Kier molecular flexibility index (Phi) is 6.38. The predicted octanol–water partition coefficient (Wildman–Crippen LogP) is 4.71. The number of carbonyl (C=O) groups is 1. The van der Waals surface area contributed by atoms with Crippen molar-refractivity contribution in [3.05, 3.63) is 89.2 Å². The minimum atomic E-state index is -0.168. The quantitative estimate of drug-likeness (QED) is 0.435. The van der Waals surface area contributed by atoms with Gasteiger partial charge in [-0.1, -0.05) is 23.7 Å². The van der Waals surface area contributed by atoms with Crippen LogP contribution in [-0.4, -0.2) is 29.2 Å². The molecule has 31 heavy (non-hydrogen) atoms. The lowest BCUT2D eigenvalue weighted by Gasteiger charge is -2.12. The summed E-state index contributed by atoms with van der Waals surface area (Å²) in [4.78, 5) is 17.2. The fourth-order valence-corrected chi connectivity index (χ4v) is 3.43. The number of rotatable bonds is 8. The Morgan fingerprint density at radius 2 is 1.71 bits per heavy atom. The first kappa shape index (κ1) is 20.8. The second kappa shape index (κ2) is 9.53. The number of aromatic nitrogens is 2. The van der Waals surface area contributed by atoms with Crippen LogP contribution in [0.3, 0.4) is 0 Å². The van der Waals surface area contributed by atoms with Crippen LogP contribution < -0.4 is 14.8 Å². The van der Waals surface area contributed by atoms with E-state index in [2.05, 4.69) is 9.88 Å². The van der Waals surface area contributed by atoms with E-state index in [9.17, 15) is 4.79 Å². The number of nitrogens with one attached hydrogen (secondary N) is 1. The first-order valence-corrected chi connectivity index (χ1v) is 10.3. The second-order valence-corrected chi connectivity index (χ2v) is 7.32. The number of hydrogen-bond acceptors (Lipinski definition) is 4. The van der Waals surface area contributed by atoms with Crippen molar-refractivity contribution in [1.29, 1.82) is 0 Å². The van der Waals surface area contributed by atoms with Crippen molar-refractivity contribution < 1.29 is 14.3 Å². The van der Waals surface area contributed by atoms with Crippen molar-refractivity contribution in [2.24, 2.45) is 0 Å². The average molecular weight is 436 g/mol. The Hall–Kier alpha value is -3.51. The van der Waals surface area contributed by atoms with Gasteiger partial charge in [-0.3, -0.25) is 4.79 Å². The van der Waals surface area contributed by atoms with E-state index in [4.69, 9.17) is 26.1 Å². The molecule has 1 heterocycles. The van der Waals surface area contributed by atoms with Crippen LogP contribution in [0.2, 0.25) is 5.02 Å². The molecule has 4 rings (SSSR count). The number of nitrogens with zero attached hydrogens (tertiary/aromatic N) is 2. The van der Waals surface area contributed by atoms with Gasteiger partial charge in [0, 0.05) is 10.6 Å². The molecule has 0 saturated heterocycles. The fraction of sp³-hybridized carbons (Fsp3) is 0.167. The van der Waals surface area contributed by atoms with E-state index in [1.807, 2.05) is 36.4 Å². The van der Waals surface area contributed by atoms with E-state index in [-0.39, 0.29) is 5.91 Å². The number of benzene rings is 3. The molecule has 0 aliphatic carbocycles. The molecule has 0 aliphatic heterocycles. The van der Waals surface area contributed by atoms with Crippen LogP contribution in [0.5, 0.6) is 11.5 Å². The summed E-state index contributed by atoms with van der Waals surface area (Å²) in [7, 11) is 1.59. The lowest BCUT2D eigenvalue weighted by Crippen LogP contribution is -2.25. The van der Waals surface area contributed by atoms with Gasteiger partial charge in [-0.25, -0.2) is 4.98 Å². The van der Waals surface area contributed by atoms with Gasteiger partial charge in [0.2, 0.25) is 0 Å². The highest BCUT2D eigenvalue weighted by atomic mass is 35.5. The number of para-hydroxylation sites is 2. The summed E-state index contributed by atoms with van der Waals surface area (Å²) in [5.41, 5.74) is 2.44. The summed E-state index contributed by atoms with van der Waals surface area (Å²) >= 11 is 5.92. The molecular weight excluding hydrogens is 414 g/mol. The highest BCUT2D eigenvalue weighted by molar-refractivity contribution is 6.30. The van der Waals surface area contributed by atoms with Crippen molar-refractivity contribution in [3.63, 3.8) is 0 Å². The summed E-state index contributed by atoms with van der Waals surface area (Å²) in [6, 6.07) is 22.1. The number of halogens is 1. The summed E-state index contributed by atoms with van der Waals surface area (Å²) in [6.07, 6.45) is 0. The number of methoxy groups -OCH3 is 1. The third kappa shape index (κ3) is 4.98. The SMILES string of the molecule is COc1ccc(C(=O)NCc2nc3ccccc3n2CCOc2ccc(Cl)cc2)cc1. The zero-order valence-electron chi connectivity index (χ0n) is 17.0. The minimum absolute atomic E-state index is 0.168. The smallest absolute Gasteiger partial charge is 0.251 e. The van der Waals surface area contributed by atoms with E-state index in [0.29, 0.717) is 36.0 Å². The van der Waals surface area contributed by atoms with Gasteiger partial charge in [-0.2, -0.15) is 0 Å². The van der Waals surface area contributed by atoms with Crippen molar-refractivity contribution in [2.45, 2.75) is 13.1 Å². The van der Waals surface area contributed by atoms with Gasteiger partial charge < -0.3 is 19.4 Å². The molecule has 1 N–H and O–H groups in total. The third-order valence-electron chi connectivity index (χ3n) is 4.89. The zero-order chi connectivity index (χ0) is 21.6. The first-order chi connectivity index (χ1) is 15.1. The fourth-order valence-electron chi connectivity index (χ4n) is 3.30. The number of imidazole rings is 1. The lowest BCUT2D eigenvalue weighted by atomic mass is 10.2. The highest BCUT2D eigenvalue weighted by Crippen LogP contribution is 2.18. The maximum atomic E-state index is 12.5. The van der Waals surface area contributed by atoms with E-state index in [0.717, 1.165) is 22.6 Å². The molecule has 4 aromatic rings.